The molecule has 0 N–H and O–H groups in total. The number of carbonyl (C=O) groups is 2. The van der Waals surface area contributed by atoms with E-state index in [9.17, 15) is 9.59 Å². The summed E-state index contributed by atoms with van der Waals surface area (Å²) in [5.74, 6) is -0.285. The summed E-state index contributed by atoms with van der Waals surface area (Å²) < 4.78 is 15.9. The number of hydrogen-bond donors (Lipinski definition) is 0. The van der Waals surface area contributed by atoms with E-state index in [0.717, 1.165) is 12.8 Å². The van der Waals surface area contributed by atoms with Gasteiger partial charge in [-0.1, -0.05) is 0 Å². The van der Waals surface area contributed by atoms with Gasteiger partial charge in [-0.05, 0) is 0 Å². The first kappa shape index (κ1) is 17.9. The molecule has 18 heavy (non-hydrogen) atoms. The Bertz CT molecular complexity index is 249. The first-order valence-electron chi connectivity index (χ1n) is 6.37. The third-order valence-electron chi connectivity index (χ3n) is 2.02. The summed E-state index contributed by atoms with van der Waals surface area (Å²) in [4.78, 5) is 23.6. The zero-order chi connectivity index (χ0) is 14.0. The summed E-state index contributed by atoms with van der Waals surface area (Å²) in [6.45, 7) is 8.33. The van der Waals surface area contributed by atoms with Crippen molar-refractivity contribution < 1.29 is 39.6 Å². The van der Waals surface area contributed by atoms with Gasteiger partial charge >= 0.3 is 116 Å². The molecule has 0 aromatic carbocycles. The SMILES string of the molecule is CCC[O][Ti]([O]CCC)[C](=O)C(OCC)C(C)=O. The van der Waals surface area contributed by atoms with Crippen molar-refractivity contribution in [1.29, 1.82) is 0 Å². The van der Waals surface area contributed by atoms with Crippen LogP contribution in [0.15, 0.2) is 0 Å². The summed E-state index contributed by atoms with van der Waals surface area (Å²) in [5, 5.41) is 0. The molecule has 0 bridgehead atoms. The van der Waals surface area contributed by atoms with Crippen LogP contribution in [0.25, 0.3) is 0 Å². The molecule has 105 valence electrons. The van der Waals surface area contributed by atoms with Gasteiger partial charge in [0.25, 0.3) is 0 Å². The second-order valence-electron chi connectivity index (χ2n) is 3.79. The molecule has 0 aliphatic heterocycles. The summed E-state index contributed by atoms with van der Waals surface area (Å²) in [6, 6.07) is 0. The van der Waals surface area contributed by atoms with Gasteiger partial charge in [-0.15, -0.1) is 0 Å². The normalized spacial score (nSPS) is 12.2. The van der Waals surface area contributed by atoms with Crippen molar-refractivity contribution in [3.8, 4) is 0 Å². The Morgan fingerprint density at radius 2 is 1.56 bits per heavy atom. The van der Waals surface area contributed by atoms with Crippen LogP contribution in [0.4, 0.5) is 0 Å². The van der Waals surface area contributed by atoms with Crippen LogP contribution in [0.1, 0.15) is 40.5 Å². The van der Waals surface area contributed by atoms with Gasteiger partial charge in [-0.3, -0.25) is 0 Å². The van der Waals surface area contributed by atoms with Crippen LogP contribution in [-0.2, 0) is 39.6 Å². The minimum atomic E-state index is -2.79. The van der Waals surface area contributed by atoms with E-state index < -0.39 is 24.8 Å². The Balaban J connectivity index is 4.61. The van der Waals surface area contributed by atoms with Crippen LogP contribution in [0.5, 0.6) is 0 Å². The first-order chi connectivity index (χ1) is 8.58. The van der Waals surface area contributed by atoms with Gasteiger partial charge in [-0.2, -0.15) is 0 Å². The quantitative estimate of drug-likeness (QED) is 0.430. The molecule has 0 heterocycles. The van der Waals surface area contributed by atoms with Gasteiger partial charge in [0.15, 0.2) is 0 Å². The maximum atomic E-state index is 12.2. The van der Waals surface area contributed by atoms with Crippen LogP contribution in [0, 0.1) is 0 Å². The molecule has 0 saturated carbocycles. The topological polar surface area (TPSA) is 61.8 Å². The number of carbonyl (C=O) groups excluding carboxylic acids is 2. The van der Waals surface area contributed by atoms with Gasteiger partial charge in [0.1, 0.15) is 0 Å². The fourth-order valence-corrected chi connectivity index (χ4v) is 3.80. The Labute approximate surface area is 116 Å². The predicted octanol–water partition coefficient (Wildman–Crippen LogP) is 1.81. The van der Waals surface area contributed by atoms with Gasteiger partial charge in [0.05, 0.1) is 0 Å². The molecule has 0 rings (SSSR count). The summed E-state index contributed by atoms with van der Waals surface area (Å²) in [5.41, 5.74) is 0. The summed E-state index contributed by atoms with van der Waals surface area (Å²) in [7, 11) is 0. The number of ketones is 1. The van der Waals surface area contributed by atoms with E-state index in [1.807, 2.05) is 13.8 Å². The molecule has 0 fully saturated rings. The molecular formula is C12H23O5Ti. The molecule has 6 heteroatoms. The van der Waals surface area contributed by atoms with Crippen molar-refractivity contribution in [2.45, 2.75) is 46.6 Å². The Hall–Kier alpha value is -0.0657. The third-order valence-corrected chi connectivity index (χ3v) is 4.51. The molecular weight excluding hydrogens is 272 g/mol. The molecule has 0 saturated heterocycles. The molecule has 0 aromatic heterocycles. The van der Waals surface area contributed by atoms with Gasteiger partial charge < -0.3 is 0 Å². The van der Waals surface area contributed by atoms with Crippen molar-refractivity contribution in [1.82, 2.24) is 0 Å². The molecule has 0 aromatic rings. The van der Waals surface area contributed by atoms with Crippen molar-refractivity contribution in [3.05, 3.63) is 0 Å². The molecule has 0 radical (unpaired) electrons. The summed E-state index contributed by atoms with van der Waals surface area (Å²) in [6.07, 6.45) is 0.621. The second-order valence-corrected chi connectivity index (χ2v) is 6.36. The predicted molar refractivity (Wildman–Crippen MR) is 63.6 cm³/mol. The number of hydrogen-bond acceptors (Lipinski definition) is 5. The molecule has 0 amide bonds. The average molecular weight is 295 g/mol. The standard InChI is InChI=1S/C6H9O3.2C3H7O.Ti/c1-3-9-6(4-7)5(2)8;2*1-2-3-4;/h6H,3H2,1-2H3;2*2-3H2,1H3;/q;2*-1;+2. The van der Waals surface area contributed by atoms with E-state index in [1.165, 1.54) is 6.92 Å². The second kappa shape index (κ2) is 10.8. The molecule has 1 atom stereocenters. The minimum absolute atomic E-state index is 0.285. The average Bonchev–Trinajstić information content (AvgIpc) is 2.35. The van der Waals surface area contributed by atoms with Crippen molar-refractivity contribution in [3.63, 3.8) is 0 Å². The number of Topliss-reactive ketones (excluding diaryl/α,β-unsaturated/α-hetero) is 1. The monoisotopic (exact) mass is 295 g/mol. The maximum absolute atomic E-state index is 12.2. The van der Waals surface area contributed by atoms with Crippen molar-refractivity contribution >= 4 is 9.87 Å². The van der Waals surface area contributed by atoms with Crippen molar-refractivity contribution in [2.75, 3.05) is 19.8 Å². The number of ether oxygens (including phenoxy) is 1. The molecule has 1 unspecified atom stereocenters. The molecule has 0 aliphatic carbocycles. The van der Waals surface area contributed by atoms with Gasteiger partial charge in [0.2, 0.25) is 0 Å². The van der Waals surface area contributed by atoms with E-state index in [-0.39, 0.29) is 9.87 Å². The molecule has 5 nitrogen and oxygen atoms in total. The van der Waals surface area contributed by atoms with Gasteiger partial charge in [-0.25, -0.2) is 0 Å². The molecule has 0 aliphatic rings. The molecule has 0 spiro atoms. The van der Waals surface area contributed by atoms with E-state index in [2.05, 4.69) is 0 Å². The summed E-state index contributed by atoms with van der Waals surface area (Å²) >= 11 is -2.79. The van der Waals surface area contributed by atoms with E-state index in [1.54, 1.807) is 6.92 Å². The fraction of sp³-hybridized carbons (Fsp3) is 0.833. The van der Waals surface area contributed by atoms with Crippen LogP contribution < -0.4 is 0 Å². The van der Waals surface area contributed by atoms with Crippen LogP contribution in [0.3, 0.4) is 0 Å². The Morgan fingerprint density at radius 3 is 1.89 bits per heavy atom. The van der Waals surface area contributed by atoms with E-state index in [0.29, 0.717) is 19.8 Å². The van der Waals surface area contributed by atoms with E-state index in [4.69, 9.17) is 11.4 Å². The first-order valence-corrected chi connectivity index (χ1v) is 8.42. The van der Waals surface area contributed by atoms with Crippen molar-refractivity contribution in [2.24, 2.45) is 0 Å². The van der Waals surface area contributed by atoms with E-state index >= 15 is 0 Å². The van der Waals surface area contributed by atoms with Crippen LogP contribution >= 0.6 is 0 Å². The Morgan fingerprint density at radius 1 is 1.06 bits per heavy atom. The zero-order valence-corrected chi connectivity index (χ0v) is 13.2. The Kier molecular flexibility index (Phi) is 10.8. The van der Waals surface area contributed by atoms with Crippen LogP contribution in [-0.4, -0.2) is 35.8 Å². The zero-order valence-electron chi connectivity index (χ0n) is 11.7. The third kappa shape index (κ3) is 6.76. The fourth-order valence-electron chi connectivity index (χ4n) is 1.22. The van der Waals surface area contributed by atoms with Crippen LogP contribution in [0.2, 0.25) is 0 Å². The van der Waals surface area contributed by atoms with Gasteiger partial charge in [0, 0.05) is 0 Å². The number of rotatable bonds is 11.